The summed E-state index contributed by atoms with van der Waals surface area (Å²) in [6.45, 7) is 3.47. The third-order valence-electron chi connectivity index (χ3n) is 1.89. The van der Waals surface area contributed by atoms with Crippen LogP contribution in [0.3, 0.4) is 0 Å². The molecule has 0 amide bonds. The number of nitrogens with two attached hydrogens (primary N) is 1. The van der Waals surface area contributed by atoms with Crippen LogP contribution in [-0.2, 0) is 0 Å². The molecule has 0 saturated carbocycles. The van der Waals surface area contributed by atoms with E-state index in [1.54, 1.807) is 19.9 Å². The topological polar surface area (TPSA) is 123 Å². The average Bonchev–Trinajstić information content (AvgIpc) is 2.73. The highest BCUT2D eigenvalue weighted by Crippen LogP contribution is 2.23. The van der Waals surface area contributed by atoms with Crippen LogP contribution >= 0.6 is 11.8 Å². The number of nitrogens with zero attached hydrogens (tertiary/aromatic N) is 5. The van der Waals surface area contributed by atoms with E-state index in [-0.39, 0.29) is 5.84 Å². The fourth-order valence-corrected chi connectivity index (χ4v) is 1.90. The van der Waals surface area contributed by atoms with Gasteiger partial charge in [-0.1, -0.05) is 5.16 Å². The first-order valence-corrected chi connectivity index (χ1v) is 5.71. The van der Waals surface area contributed by atoms with E-state index >= 15 is 0 Å². The fraction of sp³-hybridized carbons (Fsp3) is 0.222. The number of hydrogen-bond acceptors (Lipinski definition) is 8. The second-order valence-corrected chi connectivity index (χ2v) is 4.27. The van der Waals surface area contributed by atoms with Gasteiger partial charge in [0.15, 0.2) is 11.0 Å². The minimum Gasteiger partial charge on any atom is -0.416 e. The lowest BCUT2D eigenvalue weighted by Gasteiger charge is -2.02. The summed E-state index contributed by atoms with van der Waals surface area (Å²) >= 11 is 1.11. The van der Waals surface area contributed by atoms with Crippen LogP contribution in [0.2, 0.25) is 0 Å². The summed E-state index contributed by atoms with van der Waals surface area (Å²) in [5.74, 6) is 0.380. The number of oxime groups is 1. The van der Waals surface area contributed by atoms with Crippen molar-refractivity contribution in [1.82, 2.24) is 20.2 Å². The molecule has 0 aliphatic heterocycles. The van der Waals surface area contributed by atoms with Crippen LogP contribution in [0.25, 0.3) is 0 Å². The monoisotopic (exact) mass is 266 g/mol. The van der Waals surface area contributed by atoms with Gasteiger partial charge in [-0.25, -0.2) is 9.97 Å². The average molecular weight is 266 g/mol. The lowest BCUT2D eigenvalue weighted by atomic mass is 10.3. The maximum Gasteiger partial charge on any atom is 0.284 e. The van der Waals surface area contributed by atoms with E-state index in [1.165, 1.54) is 0 Å². The lowest BCUT2D eigenvalue weighted by Crippen LogP contribution is -2.16. The highest BCUT2D eigenvalue weighted by atomic mass is 32.2. The minimum atomic E-state index is -0.0796. The van der Waals surface area contributed by atoms with Gasteiger partial charge in [-0.05, 0) is 13.0 Å². The zero-order valence-electron chi connectivity index (χ0n) is 9.65. The predicted molar refractivity (Wildman–Crippen MR) is 62.4 cm³/mol. The van der Waals surface area contributed by atoms with Gasteiger partial charge in [0.1, 0.15) is 5.69 Å². The van der Waals surface area contributed by atoms with Gasteiger partial charge in [0.25, 0.3) is 5.22 Å². The number of aryl methyl sites for hydroxylation is 2. The summed E-state index contributed by atoms with van der Waals surface area (Å²) in [6, 6.07) is 1.61. The molecule has 2 heterocycles. The van der Waals surface area contributed by atoms with Gasteiger partial charge in [-0.2, -0.15) is 0 Å². The summed E-state index contributed by atoms with van der Waals surface area (Å²) in [4.78, 5) is 8.30. The third kappa shape index (κ3) is 2.74. The van der Waals surface area contributed by atoms with Crippen LogP contribution in [0.5, 0.6) is 0 Å². The Morgan fingerprint density at radius 3 is 2.78 bits per heavy atom. The molecule has 94 valence electrons. The van der Waals surface area contributed by atoms with E-state index in [0.29, 0.717) is 27.7 Å². The first-order chi connectivity index (χ1) is 8.58. The highest BCUT2D eigenvalue weighted by Gasteiger charge is 2.11. The summed E-state index contributed by atoms with van der Waals surface area (Å²) in [6.07, 6.45) is 0. The molecule has 0 aliphatic carbocycles. The number of amidine groups is 1. The molecule has 0 unspecified atom stereocenters. The zero-order chi connectivity index (χ0) is 13.1. The summed E-state index contributed by atoms with van der Waals surface area (Å²) in [7, 11) is 0. The van der Waals surface area contributed by atoms with E-state index in [9.17, 15) is 0 Å². The van der Waals surface area contributed by atoms with Crippen molar-refractivity contribution in [3.8, 4) is 0 Å². The summed E-state index contributed by atoms with van der Waals surface area (Å²) < 4.78 is 5.20. The van der Waals surface area contributed by atoms with Crippen LogP contribution in [0.4, 0.5) is 0 Å². The molecule has 0 radical (unpaired) electrons. The highest BCUT2D eigenvalue weighted by molar-refractivity contribution is 7.98. The van der Waals surface area contributed by atoms with Gasteiger partial charge in [-0.3, -0.25) is 0 Å². The lowest BCUT2D eigenvalue weighted by molar-refractivity contribution is 0.318. The Bertz CT molecular complexity index is 596. The molecule has 18 heavy (non-hydrogen) atoms. The van der Waals surface area contributed by atoms with E-state index in [4.69, 9.17) is 15.4 Å². The minimum absolute atomic E-state index is 0.0796. The van der Waals surface area contributed by atoms with E-state index in [2.05, 4.69) is 25.3 Å². The van der Waals surface area contributed by atoms with Crippen LogP contribution in [0.15, 0.2) is 26.0 Å². The second kappa shape index (κ2) is 5.00. The first kappa shape index (κ1) is 12.3. The molecule has 2 rings (SSSR count). The van der Waals surface area contributed by atoms with Gasteiger partial charge in [-0.15, -0.1) is 10.2 Å². The molecule has 0 fully saturated rings. The van der Waals surface area contributed by atoms with E-state index in [0.717, 1.165) is 11.8 Å². The molecule has 9 heteroatoms. The van der Waals surface area contributed by atoms with Crippen LogP contribution in [0, 0.1) is 13.8 Å². The van der Waals surface area contributed by atoms with Crippen LogP contribution < -0.4 is 5.73 Å². The smallest absolute Gasteiger partial charge is 0.284 e. The Morgan fingerprint density at radius 1 is 1.39 bits per heavy atom. The van der Waals surface area contributed by atoms with Crippen molar-refractivity contribution in [3.63, 3.8) is 0 Å². The Labute approximate surface area is 106 Å². The summed E-state index contributed by atoms with van der Waals surface area (Å²) in [5, 5.41) is 19.8. The van der Waals surface area contributed by atoms with Crippen LogP contribution in [0.1, 0.15) is 17.3 Å². The van der Waals surface area contributed by atoms with Gasteiger partial charge in [0.05, 0.1) is 0 Å². The van der Waals surface area contributed by atoms with E-state index < -0.39 is 0 Å². The maximum atomic E-state index is 8.62. The molecule has 0 bridgehead atoms. The molecule has 8 nitrogen and oxygen atoms in total. The Kier molecular flexibility index (Phi) is 3.42. The van der Waals surface area contributed by atoms with Gasteiger partial charge < -0.3 is 15.4 Å². The molecule has 0 aromatic carbocycles. The number of hydrogen-bond donors (Lipinski definition) is 2. The molecule has 0 saturated heterocycles. The molecular weight excluding hydrogens is 256 g/mol. The standard InChI is InChI=1S/C9H10N6O2S/c1-4-3-6(7(10)15-16)12-8(11-4)18-9-14-13-5(2)17-9/h3,16H,1-2H3,(H2,10,15). The Morgan fingerprint density at radius 2 is 2.17 bits per heavy atom. The number of rotatable bonds is 3. The number of aromatic nitrogens is 4. The van der Waals surface area contributed by atoms with Crippen molar-refractivity contribution < 1.29 is 9.62 Å². The maximum absolute atomic E-state index is 8.62. The van der Waals surface area contributed by atoms with Crippen molar-refractivity contribution >= 4 is 17.6 Å². The molecular formula is C9H10N6O2S. The molecule has 0 aliphatic rings. The Balaban J connectivity index is 2.31. The van der Waals surface area contributed by atoms with Crippen LogP contribution in [-0.4, -0.2) is 31.2 Å². The molecule has 2 aromatic heterocycles. The molecule has 0 spiro atoms. The predicted octanol–water partition coefficient (Wildman–Crippen LogP) is 0.722. The third-order valence-corrected chi connectivity index (χ3v) is 2.59. The van der Waals surface area contributed by atoms with Crippen molar-refractivity contribution in [3.05, 3.63) is 23.3 Å². The van der Waals surface area contributed by atoms with Crippen molar-refractivity contribution in [2.24, 2.45) is 10.9 Å². The summed E-state index contributed by atoms with van der Waals surface area (Å²) in [5.41, 5.74) is 6.50. The van der Waals surface area contributed by atoms with E-state index in [1.807, 2.05) is 0 Å². The molecule has 0 atom stereocenters. The zero-order valence-corrected chi connectivity index (χ0v) is 10.5. The van der Waals surface area contributed by atoms with Gasteiger partial charge in [0, 0.05) is 24.4 Å². The largest absolute Gasteiger partial charge is 0.416 e. The second-order valence-electron chi connectivity index (χ2n) is 3.35. The molecule has 3 N–H and O–H groups in total. The normalized spacial score (nSPS) is 11.8. The quantitative estimate of drug-likeness (QED) is 0.274. The van der Waals surface area contributed by atoms with Gasteiger partial charge >= 0.3 is 0 Å². The van der Waals surface area contributed by atoms with Crippen molar-refractivity contribution in [2.45, 2.75) is 24.2 Å². The fourth-order valence-electron chi connectivity index (χ4n) is 1.17. The Hall–Kier alpha value is -2.16. The van der Waals surface area contributed by atoms with Gasteiger partial charge in [0.2, 0.25) is 5.89 Å². The van der Waals surface area contributed by atoms with Crippen molar-refractivity contribution in [1.29, 1.82) is 0 Å². The SMILES string of the molecule is Cc1cc(/C(N)=N/O)nc(Sc2nnc(C)o2)n1. The van der Waals surface area contributed by atoms with Crippen molar-refractivity contribution in [2.75, 3.05) is 0 Å². The first-order valence-electron chi connectivity index (χ1n) is 4.90. The molecule has 2 aromatic rings.